The highest BCUT2D eigenvalue weighted by Crippen LogP contribution is 2.28. The van der Waals surface area contributed by atoms with E-state index in [-0.39, 0.29) is 5.56 Å². The molecule has 0 aliphatic heterocycles. The molecule has 1 saturated carbocycles. The van der Waals surface area contributed by atoms with Gasteiger partial charge < -0.3 is 11.1 Å². The molecule has 1 aromatic carbocycles. The summed E-state index contributed by atoms with van der Waals surface area (Å²) in [6, 6.07) is 7.40. The number of para-hydroxylation sites is 1. The summed E-state index contributed by atoms with van der Waals surface area (Å²) in [4.78, 5) is 19.3. The summed E-state index contributed by atoms with van der Waals surface area (Å²) >= 11 is 0. The molecule has 0 radical (unpaired) electrons. The zero-order valence-electron chi connectivity index (χ0n) is 12.1. The third-order valence-corrected chi connectivity index (χ3v) is 4.47. The normalized spacial score (nSPS) is 22.3. The van der Waals surface area contributed by atoms with Crippen LogP contribution in [-0.4, -0.2) is 23.1 Å². The van der Waals surface area contributed by atoms with E-state index in [1.807, 2.05) is 18.2 Å². The van der Waals surface area contributed by atoms with Crippen molar-refractivity contribution < 1.29 is 0 Å². The number of hydrogen-bond donors (Lipinski definition) is 3. The molecule has 0 amide bonds. The zero-order chi connectivity index (χ0) is 14.7. The highest BCUT2D eigenvalue weighted by Gasteiger charge is 2.20. The van der Waals surface area contributed by atoms with E-state index in [0.717, 1.165) is 18.6 Å². The molecule has 0 spiro atoms. The molecule has 1 aliphatic rings. The van der Waals surface area contributed by atoms with E-state index in [1.54, 1.807) is 6.07 Å². The molecular weight excluding hydrogens is 264 g/mol. The van der Waals surface area contributed by atoms with Crippen molar-refractivity contribution >= 4 is 16.9 Å². The number of fused-ring (bicyclic) bond motifs is 1. The number of nitrogens with two attached hydrogens (primary N) is 1. The lowest BCUT2D eigenvalue weighted by molar-refractivity contribution is 0.289. The van der Waals surface area contributed by atoms with Crippen LogP contribution in [0.4, 0.5) is 5.95 Å². The Labute approximate surface area is 124 Å². The Balaban J connectivity index is 1.65. The first-order chi connectivity index (χ1) is 10.3. The summed E-state index contributed by atoms with van der Waals surface area (Å²) in [6.07, 6.45) is 4.83. The van der Waals surface area contributed by atoms with Crippen LogP contribution in [-0.2, 0) is 0 Å². The SMILES string of the molecule is NCC1CCC(CNc2nc3ccccc3c(=O)[nH]2)CC1. The number of aromatic amines is 1. The second-order valence-electron chi connectivity index (χ2n) is 5.94. The smallest absolute Gasteiger partial charge is 0.260 e. The van der Waals surface area contributed by atoms with Crippen molar-refractivity contribution in [1.29, 1.82) is 0 Å². The van der Waals surface area contributed by atoms with E-state index in [9.17, 15) is 4.79 Å². The van der Waals surface area contributed by atoms with Crippen LogP contribution >= 0.6 is 0 Å². The second-order valence-corrected chi connectivity index (χ2v) is 5.94. The van der Waals surface area contributed by atoms with Gasteiger partial charge in [-0.3, -0.25) is 9.78 Å². The van der Waals surface area contributed by atoms with Gasteiger partial charge in [0.2, 0.25) is 5.95 Å². The molecule has 0 saturated heterocycles. The molecule has 0 bridgehead atoms. The molecule has 1 fully saturated rings. The Hall–Kier alpha value is -1.88. The molecule has 2 aromatic rings. The van der Waals surface area contributed by atoms with Gasteiger partial charge in [-0.2, -0.15) is 0 Å². The number of H-pyrrole nitrogens is 1. The van der Waals surface area contributed by atoms with Gasteiger partial charge in [0.25, 0.3) is 5.56 Å². The van der Waals surface area contributed by atoms with Crippen LogP contribution in [0, 0.1) is 11.8 Å². The van der Waals surface area contributed by atoms with E-state index in [1.165, 1.54) is 25.7 Å². The lowest BCUT2D eigenvalue weighted by atomic mass is 9.82. The van der Waals surface area contributed by atoms with Gasteiger partial charge in [-0.25, -0.2) is 4.98 Å². The average Bonchev–Trinajstić information content (AvgIpc) is 2.53. The van der Waals surface area contributed by atoms with E-state index < -0.39 is 0 Å². The first kappa shape index (κ1) is 14.1. The minimum Gasteiger partial charge on any atom is -0.355 e. The lowest BCUT2D eigenvalue weighted by Crippen LogP contribution is -2.26. The average molecular weight is 286 g/mol. The third-order valence-electron chi connectivity index (χ3n) is 4.47. The van der Waals surface area contributed by atoms with Crippen molar-refractivity contribution in [2.24, 2.45) is 17.6 Å². The Kier molecular flexibility index (Phi) is 4.20. The van der Waals surface area contributed by atoms with Crippen LogP contribution < -0.4 is 16.6 Å². The fourth-order valence-corrected chi connectivity index (χ4v) is 3.08. The van der Waals surface area contributed by atoms with Gasteiger partial charge in [-0.1, -0.05) is 12.1 Å². The molecule has 3 rings (SSSR count). The van der Waals surface area contributed by atoms with Crippen LogP contribution in [0.2, 0.25) is 0 Å². The highest BCUT2D eigenvalue weighted by atomic mass is 16.1. The van der Waals surface area contributed by atoms with Gasteiger partial charge in [0.1, 0.15) is 0 Å². The van der Waals surface area contributed by atoms with Crippen LogP contribution in [0.1, 0.15) is 25.7 Å². The molecule has 1 aromatic heterocycles. The molecule has 0 atom stereocenters. The number of aromatic nitrogens is 2. The minimum atomic E-state index is -0.0880. The predicted molar refractivity (Wildman–Crippen MR) is 85.4 cm³/mol. The molecule has 0 unspecified atom stereocenters. The minimum absolute atomic E-state index is 0.0880. The summed E-state index contributed by atoms with van der Waals surface area (Å²) in [5.74, 6) is 1.91. The Morgan fingerprint density at radius 3 is 2.67 bits per heavy atom. The fraction of sp³-hybridized carbons (Fsp3) is 0.500. The van der Waals surface area contributed by atoms with Crippen LogP contribution in [0.5, 0.6) is 0 Å². The Morgan fingerprint density at radius 2 is 1.90 bits per heavy atom. The van der Waals surface area contributed by atoms with Gasteiger partial charge >= 0.3 is 0 Å². The lowest BCUT2D eigenvalue weighted by Gasteiger charge is -2.27. The van der Waals surface area contributed by atoms with Crippen molar-refractivity contribution in [2.75, 3.05) is 18.4 Å². The predicted octanol–water partition coefficient (Wildman–Crippen LogP) is 2.10. The molecule has 5 nitrogen and oxygen atoms in total. The first-order valence-corrected chi connectivity index (χ1v) is 7.69. The summed E-state index contributed by atoms with van der Waals surface area (Å²) < 4.78 is 0. The largest absolute Gasteiger partial charge is 0.355 e. The number of benzene rings is 1. The zero-order valence-corrected chi connectivity index (χ0v) is 12.1. The number of rotatable bonds is 4. The molecule has 1 aliphatic carbocycles. The summed E-state index contributed by atoms with van der Waals surface area (Å²) in [7, 11) is 0. The maximum absolute atomic E-state index is 12.0. The molecular formula is C16H22N4O. The van der Waals surface area contributed by atoms with Crippen LogP contribution in [0.3, 0.4) is 0 Å². The number of nitrogens with one attached hydrogen (secondary N) is 2. The second kappa shape index (κ2) is 6.26. The number of nitrogens with zero attached hydrogens (tertiary/aromatic N) is 1. The monoisotopic (exact) mass is 286 g/mol. The maximum Gasteiger partial charge on any atom is 0.260 e. The van der Waals surface area contributed by atoms with Crippen molar-refractivity contribution in [3.8, 4) is 0 Å². The quantitative estimate of drug-likeness (QED) is 0.803. The summed E-state index contributed by atoms with van der Waals surface area (Å²) in [5.41, 5.74) is 6.36. The van der Waals surface area contributed by atoms with E-state index in [4.69, 9.17) is 5.73 Å². The van der Waals surface area contributed by atoms with Gasteiger partial charge in [0.05, 0.1) is 10.9 Å². The van der Waals surface area contributed by atoms with E-state index >= 15 is 0 Å². The molecule has 112 valence electrons. The standard InChI is InChI=1S/C16H22N4O/c17-9-11-5-7-12(8-6-11)10-18-16-19-14-4-2-1-3-13(14)15(21)20-16/h1-4,11-12H,5-10,17H2,(H2,18,19,20,21). The summed E-state index contributed by atoms with van der Waals surface area (Å²) in [6.45, 7) is 1.66. The highest BCUT2D eigenvalue weighted by molar-refractivity contribution is 5.78. The van der Waals surface area contributed by atoms with Gasteiger partial charge in [-0.05, 0) is 56.2 Å². The van der Waals surface area contributed by atoms with Crippen molar-refractivity contribution in [3.63, 3.8) is 0 Å². The first-order valence-electron chi connectivity index (χ1n) is 7.69. The Morgan fingerprint density at radius 1 is 1.19 bits per heavy atom. The fourth-order valence-electron chi connectivity index (χ4n) is 3.08. The van der Waals surface area contributed by atoms with Crippen LogP contribution in [0.25, 0.3) is 10.9 Å². The molecule has 1 heterocycles. The van der Waals surface area contributed by atoms with Gasteiger partial charge in [-0.15, -0.1) is 0 Å². The van der Waals surface area contributed by atoms with Crippen molar-refractivity contribution in [2.45, 2.75) is 25.7 Å². The van der Waals surface area contributed by atoms with Gasteiger partial charge in [0, 0.05) is 6.54 Å². The van der Waals surface area contributed by atoms with Crippen molar-refractivity contribution in [3.05, 3.63) is 34.6 Å². The number of anilines is 1. The summed E-state index contributed by atoms with van der Waals surface area (Å²) in [5, 5.41) is 3.91. The molecule has 21 heavy (non-hydrogen) atoms. The van der Waals surface area contributed by atoms with Crippen LogP contribution in [0.15, 0.2) is 29.1 Å². The van der Waals surface area contributed by atoms with Crippen molar-refractivity contribution in [1.82, 2.24) is 9.97 Å². The van der Waals surface area contributed by atoms with E-state index in [0.29, 0.717) is 23.2 Å². The number of hydrogen-bond acceptors (Lipinski definition) is 4. The topological polar surface area (TPSA) is 83.8 Å². The third kappa shape index (κ3) is 3.24. The molecule has 5 heteroatoms. The maximum atomic E-state index is 12.0. The molecule has 4 N–H and O–H groups in total. The Bertz CT molecular complexity index is 659. The van der Waals surface area contributed by atoms with Gasteiger partial charge in [0.15, 0.2) is 0 Å². The van der Waals surface area contributed by atoms with E-state index in [2.05, 4.69) is 15.3 Å².